The topological polar surface area (TPSA) is 53.7 Å². The van der Waals surface area contributed by atoms with Gasteiger partial charge in [-0.2, -0.15) is 0 Å². The fourth-order valence-electron chi connectivity index (χ4n) is 1.81. The minimum absolute atomic E-state index is 0.129. The summed E-state index contributed by atoms with van der Waals surface area (Å²) in [6.45, 7) is 5.83. The number of nitrogens with two attached hydrogens (primary N) is 1. The van der Waals surface area contributed by atoms with Crippen LogP contribution in [0.25, 0.3) is 0 Å². The summed E-state index contributed by atoms with van der Waals surface area (Å²) >= 11 is 0. The van der Waals surface area contributed by atoms with E-state index in [0.717, 1.165) is 17.6 Å². The van der Waals surface area contributed by atoms with Gasteiger partial charge in [0, 0.05) is 6.04 Å². The van der Waals surface area contributed by atoms with Crippen molar-refractivity contribution in [3.63, 3.8) is 0 Å². The van der Waals surface area contributed by atoms with Gasteiger partial charge in [-0.15, -0.1) is 6.58 Å². The predicted molar refractivity (Wildman–Crippen MR) is 72.5 cm³/mol. The Morgan fingerprint density at radius 1 is 1.17 bits per heavy atom. The van der Waals surface area contributed by atoms with E-state index in [4.69, 9.17) is 19.9 Å². The Morgan fingerprint density at radius 3 is 2.00 bits per heavy atom. The molecule has 100 valence electrons. The fourth-order valence-corrected chi connectivity index (χ4v) is 1.81. The molecular weight excluding hydrogens is 230 g/mol. The van der Waals surface area contributed by atoms with Crippen LogP contribution in [0.1, 0.15) is 24.9 Å². The number of benzene rings is 1. The highest BCUT2D eigenvalue weighted by Crippen LogP contribution is 2.39. The first kappa shape index (κ1) is 14.4. The lowest BCUT2D eigenvalue weighted by Crippen LogP contribution is -2.11. The van der Waals surface area contributed by atoms with Crippen molar-refractivity contribution < 1.29 is 14.2 Å². The SMILES string of the molecule is C=C(C)C[C@H](N)c1cc(OC)c(OC)c(OC)c1. The van der Waals surface area contributed by atoms with Gasteiger partial charge >= 0.3 is 0 Å². The van der Waals surface area contributed by atoms with Crippen molar-refractivity contribution in [1.29, 1.82) is 0 Å². The highest BCUT2D eigenvalue weighted by atomic mass is 16.5. The fraction of sp³-hybridized carbons (Fsp3) is 0.429. The van der Waals surface area contributed by atoms with Gasteiger partial charge in [-0.25, -0.2) is 0 Å². The third-order valence-corrected chi connectivity index (χ3v) is 2.68. The van der Waals surface area contributed by atoms with Crippen molar-refractivity contribution in [2.45, 2.75) is 19.4 Å². The standard InChI is InChI=1S/C14H21NO3/c1-9(2)6-11(15)10-7-12(16-3)14(18-5)13(8-10)17-4/h7-8,11H,1,6,15H2,2-5H3/t11-/m0/s1. The number of methoxy groups -OCH3 is 3. The third-order valence-electron chi connectivity index (χ3n) is 2.68. The molecule has 0 aromatic heterocycles. The molecule has 4 nitrogen and oxygen atoms in total. The maximum atomic E-state index is 6.12. The zero-order chi connectivity index (χ0) is 13.7. The Labute approximate surface area is 108 Å². The zero-order valence-corrected chi connectivity index (χ0v) is 11.4. The van der Waals surface area contributed by atoms with Crippen molar-refractivity contribution >= 4 is 0 Å². The summed E-state index contributed by atoms with van der Waals surface area (Å²) in [6, 6.07) is 3.61. The van der Waals surface area contributed by atoms with Gasteiger partial charge in [0.05, 0.1) is 21.3 Å². The van der Waals surface area contributed by atoms with E-state index in [1.807, 2.05) is 19.1 Å². The minimum Gasteiger partial charge on any atom is -0.493 e. The van der Waals surface area contributed by atoms with Gasteiger partial charge in [0.25, 0.3) is 0 Å². The van der Waals surface area contributed by atoms with E-state index in [1.54, 1.807) is 21.3 Å². The quantitative estimate of drug-likeness (QED) is 0.790. The second kappa shape index (κ2) is 6.31. The molecule has 0 bridgehead atoms. The molecule has 18 heavy (non-hydrogen) atoms. The van der Waals surface area contributed by atoms with E-state index in [9.17, 15) is 0 Å². The zero-order valence-electron chi connectivity index (χ0n) is 11.4. The maximum absolute atomic E-state index is 6.12. The van der Waals surface area contributed by atoms with E-state index < -0.39 is 0 Å². The summed E-state index contributed by atoms with van der Waals surface area (Å²) in [4.78, 5) is 0. The van der Waals surface area contributed by atoms with Gasteiger partial charge in [0.2, 0.25) is 5.75 Å². The van der Waals surface area contributed by atoms with Gasteiger partial charge in [-0.1, -0.05) is 5.57 Å². The van der Waals surface area contributed by atoms with Crippen LogP contribution in [0.15, 0.2) is 24.3 Å². The average Bonchev–Trinajstić information content (AvgIpc) is 2.35. The van der Waals surface area contributed by atoms with Crippen LogP contribution >= 0.6 is 0 Å². The molecule has 0 saturated carbocycles. The van der Waals surface area contributed by atoms with Gasteiger partial charge in [0.15, 0.2) is 11.5 Å². The van der Waals surface area contributed by atoms with Crippen molar-refractivity contribution in [2.75, 3.05) is 21.3 Å². The second-order valence-electron chi connectivity index (χ2n) is 4.23. The van der Waals surface area contributed by atoms with Crippen LogP contribution in [0, 0.1) is 0 Å². The van der Waals surface area contributed by atoms with Gasteiger partial charge < -0.3 is 19.9 Å². The first-order valence-electron chi connectivity index (χ1n) is 5.73. The van der Waals surface area contributed by atoms with Crippen LogP contribution in [0.3, 0.4) is 0 Å². The van der Waals surface area contributed by atoms with Crippen LogP contribution in [0.2, 0.25) is 0 Å². The number of hydrogen-bond acceptors (Lipinski definition) is 4. The molecule has 0 spiro atoms. The van der Waals surface area contributed by atoms with Gasteiger partial charge in [-0.3, -0.25) is 0 Å². The van der Waals surface area contributed by atoms with Crippen LogP contribution in [-0.2, 0) is 0 Å². The number of ether oxygens (including phenoxy) is 3. The monoisotopic (exact) mass is 251 g/mol. The number of hydrogen-bond donors (Lipinski definition) is 1. The molecule has 1 aromatic rings. The molecule has 0 heterocycles. The average molecular weight is 251 g/mol. The molecule has 2 N–H and O–H groups in total. The number of rotatable bonds is 6. The van der Waals surface area contributed by atoms with Crippen LogP contribution in [0.4, 0.5) is 0 Å². The lowest BCUT2D eigenvalue weighted by molar-refractivity contribution is 0.323. The first-order chi connectivity index (χ1) is 8.53. The molecule has 0 aliphatic carbocycles. The van der Waals surface area contributed by atoms with Gasteiger partial charge in [-0.05, 0) is 31.0 Å². The summed E-state index contributed by atoms with van der Waals surface area (Å²) in [5.74, 6) is 1.80. The van der Waals surface area contributed by atoms with E-state index in [1.165, 1.54) is 0 Å². The molecule has 1 atom stereocenters. The van der Waals surface area contributed by atoms with E-state index in [0.29, 0.717) is 17.2 Å². The molecule has 0 amide bonds. The second-order valence-corrected chi connectivity index (χ2v) is 4.23. The molecule has 0 aliphatic rings. The molecule has 0 unspecified atom stereocenters. The predicted octanol–water partition coefficient (Wildman–Crippen LogP) is 2.68. The molecule has 0 aliphatic heterocycles. The van der Waals surface area contributed by atoms with Crippen molar-refractivity contribution in [2.24, 2.45) is 5.73 Å². The molecule has 0 radical (unpaired) electrons. The van der Waals surface area contributed by atoms with Gasteiger partial charge in [0.1, 0.15) is 0 Å². The Hall–Kier alpha value is -1.68. The largest absolute Gasteiger partial charge is 0.493 e. The van der Waals surface area contributed by atoms with E-state index in [2.05, 4.69) is 6.58 Å². The Kier molecular flexibility index (Phi) is 5.04. The van der Waals surface area contributed by atoms with Crippen LogP contribution in [0.5, 0.6) is 17.2 Å². The van der Waals surface area contributed by atoms with E-state index >= 15 is 0 Å². The molecule has 0 saturated heterocycles. The van der Waals surface area contributed by atoms with Crippen LogP contribution < -0.4 is 19.9 Å². The van der Waals surface area contributed by atoms with E-state index in [-0.39, 0.29) is 6.04 Å². The first-order valence-corrected chi connectivity index (χ1v) is 5.73. The Morgan fingerprint density at radius 2 is 1.67 bits per heavy atom. The molecule has 4 heteroatoms. The summed E-state index contributed by atoms with van der Waals surface area (Å²) in [6.07, 6.45) is 0.721. The third kappa shape index (κ3) is 3.17. The summed E-state index contributed by atoms with van der Waals surface area (Å²) < 4.78 is 15.8. The smallest absolute Gasteiger partial charge is 0.203 e. The maximum Gasteiger partial charge on any atom is 0.203 e. The van der Waals surface area contributed by atoms with Crippen molar-refractivity contribution in [1.82, 2.24) is 0 Å². The van der Waals surface area contributed by atoms with Crippen molar-refractivity contribution in [3.05, 3.63) is 29.8 Å². The molecule has 1 rings (SSSR count). The summed E-state index contributed by atoms with van der Waals surface area (Å²) in [5.41, 5.74) is 8.10. The lowest BCUT2D eigenvalue weighted by atomic mass is 10.0. The lowest BCUT2D eigenvalue weighted by Gasteiger charge is -2.17. The normalized spacial score (nSPS) is 11.8. The Bertz CT molecular complexity index is 404. The minimum atomic E-state index is -0.129. The highest BCUT2D eigenvalue weighted by molar-refractivity contribution is 5.54. The molecule has 0 fully saturated rings. The Balaban J connectivity index is 3.18. The summed E-state index contributed by atoms with van der Waals surface area (Å²) in [7, 11) is 4.75. The molecule has 1 aromatic carbocycles. The van der Waals surface area contributed by atoms with Crippen molar-refractivity contribution in [3.8, 4) is 17.2 Å². The molecular formula is C14H21NO3. The summed E-state index contributed by atoms with van der Waals surface area (Å²) in [5, 5.41) is 0. The highest BCUT2D eigenvalue weighted by Gasteiger charge is 2.16. The van der Waals surface area contributed by atoms with Crippen LogP contribution in [-0.4, -0.2) is 21.3 Å².